The fraction of sp³-hybridized carbons (Fsp3) is 0.150. The Morgan fingerprint density at radius 3 is 2.89 bits per heavy atom. The number of Topliss-reactive ketones (excluding diaryl/α,β-unsaturated/α-hetero) is 1. The summed E-state index contributed by atoms with van der Waals surface area (Å²) in [5.74, 6) is 2.70. The number of hydrogen-bond acceptors (Lipinski definition) is 7. The second-order valence-electron chi connectivity index (χ2n) is 6.13. The predicted molar refractivity (Wildman–Crippen MR) is 106 cm³/mol. The molecule has 1 aliphatic heterocycles. The minimum absolute atomic E-state index is 0.0583. The third-order valence-corrected chi connectivity index (χ3v) is 4.50. The van der Waals surface area contributed by atoms with Crippen LogP contribution < -0.4 is 19.5 Å². The lowest BCUT2D eigenvalue weighted by molar-refractivity contribution is -0.116. The first-order valence-corrected chi connectivity index (χ1v) is 9.32. The molecule has 0 amide bonds. The van der Waals surface area contributed by atoms with Gasteiger partial charge >= 0.3 is 0 Å². The van der Waals surface area contributed by atoms with Crippen LogP contribution in [0.5, 0.6) is 23.1 Å². The van der Waals surface area contributed by atoms with Crippen molar-refractivity contribution >= 4 is 33.3 Å². The van der Waals surface area contributed by atoms with E-state index in [1.807, 2.05) is 36.4 Å². The number of nitrogens with zero attached hydrogens (tertiary/aromatic N) is 2. The van der Waals surface area contributed by atoms with E-state index in [1.54, 1.807) is 19.2 Å². The van der Waals surface area contributed by atoms with E-state index in [9.17, 15) is 4.79 Å². The van der Waals surface area contributed by atoms with Crippen molar-refractivity contribution in [2.45, 2.75) is 13.3 Å². The third-order valence-electron chi connectivity index (χ3n) is 3.96. The van der Waals surface area contributed by atoms with Crippen LogP contribution in [0.2, 0.25) is 0 Å². The molecule has 8 heteroatoms. The molecule has 0 fully saturated rings. The molecule has 2 aromatic carbocycles. The highest BCUT2D eigenvalue weighted by Crippen LogP contribution is 2.35. The Morgan fingerprint density at radius 2 is 2.04 bits per heavy atom. The first-order valence-electron chi connectivity index (χ1n) is 8.53. The second kappa shape index (κ2) is 7.85. The topological polar surface area (TPSA) is 82.6 Å². The molecule has 0 unspecified atom stereocenters. The van der Waals surface area contributed by atoms with Crippen molar-refractivity contribution in [1.82, 2.24) is 9.97 Å². The summed E-state index contributed by atoms with van der Waals surface area (Å²) in [6, 6.07) is 12.9. The quantitative estimate of drug-likeness (QED) is 0.596. The molecule has 1 aromatic heterocycles. The molecule has 3 aromatic rings. The van der Waals surface area contributed by atoms with E-state index in [4.69, 9.17) is 14.2 Å². The second-order valence-corrected chi connectivity index (χ2v) is 6.98. The smallest absolute Gasteiger partial charge is 0.238 e. The summed E-state index contributed by atoms with van der Waals surface area (Å²) in [6.45, 7) is 1.76. The molecule has 1 N–H and O–H groups in total. The van der Waals surface area contributed by atoms with Crippen LogP contribution in [0, 0.1) is 0 Å². The van der Waals surface area contributed by atoms with Crippen molar-refractivity contribution in [3.8, 4) is 23.1 Å². The predicted octanol–water partition coefficient (Wildman–Crippen LogP) is 4.64. The summed E-state index contributed by atoms with van der Waals surface area (Å²) >= 11 is 3.41. The highest BCUT2D eigenvalue weighted by molar-refractivity contribution is 9.10. The van der Waals surface area contributed by atoms with Gasteiger partial charge < -0.3 is 19.5 Å². The molecule has 0 bridgehead atoms. The van der Waals surface area contributed by atoms with Crippen LogP contribution in [0.1, 0.15) is 12.5 Å². The van der Waals surface area contributed by atoms with Crippen LogP contribution in [0.3, 0.4) is 0 Å². The molecule has 0 aliphatic carbocycles. The summed E-state index contributed by atoms with van der Waals surface area (Å²) in [6.07, 6.45) is 1.90. The number of benzene rings is 2. The number of ether oxygens (including phenoxy) is 3. The van der Waals surface area contributed by atoms with Gasteiger partial charge in [-0.25, -0.2) is 4.98 Å². The van der Waals surface area contributed by atoms with Crippen LogP contribution in [-0.4, -0.2) is 22.5 Å². The molecule has 1 aliphatic rings. The summed E-state index contributed by atoms with van der Waals surface area (Å²) in [4.78, 5) is 20.2. The molecule has 0 atom stereocenters. The number of rotatable bonds is 6. The molecule has 7 nitrogen and oxygen atoms in total. The van der Waals surface area contributed by atoms with E-state index < -0.39 is 0 Å². The fourth-order valence-electron chi connectivity index (χ4n) is 2.71. The normalized spacial score (nSPS) is 11.9. The number of para-hydroxylation sites is 1. The largest absolute Gasteiger partial charge is 0.454 e. The third kappa shape index (κ3) is 4.07. The monoisotopic (exact) mass is 441 g/mol. The average Bonchev–Trinajstić information content (AvgIpc) is 3.13. The number of ketones is 1. The van der Waals surface area contributed by atoms with E-state index in [2.05, 4.69) is 31.2 Å². The molecule has 142 valence electrons. The van der Waals surface area contributed by atoms with Crippen molar-refractivity contribution in [3.05, 3.63) is 58.7 Å². The van der Waals surface area contributed by atoms with Crippen LogP contribution in [0.25, 0.3) is 0 Å². The molecule has 4 rings (SSSR count). The van der Waals surface area contributed by atoms with Crippen molar-refractivity contribution in [2.75, 3.05) is 12.1 Å². The maximum absolute atomic E-state index is 11.5. The average molecular weight is 442 g/mol. The summed E-state index contributed by atoms with van der Waals surface area (Å²) in [7, 11) is 0. The van der Waals surface area contributed by atoms with E-state index in [0.717, 1.165) is 11.3 Å². The van der Waals surface area contributed by atoms with Gasteiger partial charge in [-0.05, 0) is 41.1 Å². The zero-order chi connectivity index (χ0) is 19.5. The Balaban J connectivity index is 1.57. The molecule has 0 saturated carbocycles. The molecular weight excluding hydrogens is 426 g/mol. The highest BCUT2D eigenvalue weighted by atomic mass is 79.9. The lowest BCUT2D eigenvalue weighted by Gasteiger charge is -2.12. The number of halogens is 1. The van der Waals surface area contributed by atoms with Gasteiger partial charge in [-0.1, -0.05) is 18.2 Å². The Bertz CT molecular complexity index is 1040. The first-order chi connectivity index (χ1) is 13.6. The van der Waals surface area contributed by atoms with Gasteiger partial charge in [0.25, 0.3) is 0 Å². The molecule has 2 heterocycles. The zero-order valence-corrected chi connectivity index (χ0v) is 16.5. The van der Waals surface area contributed by atoms with E-state index in [1.165, 1.54) is 0 Å². The molecule has 0 saturated heterocycles. The van der Waals surface area contributed by atoms with E-state index in [0.29, 0.717) is 40.0 Å². The lowest BCUT2D eigenvalue weighted by Crippen LogP contribution is -2.02. The number of fused-ring (bicyclic) bond motifs is 1. The van der Waals surface area contributed by atoms with Crippen LogP contribution in [0.4, 0.5) is 11.6 Å². The van der Waals surface area contributed by atoms with Crippen LogP contribution in [0.15, 0.2) is 53.1 Å². The molecule has 0 radical (unpaired) electrons. The minimum Gasteiger partial charge on any atom is -0.454 e. The van der Waals surface area contributed by atoms with Gasteiger partial charge in [0, 0.05) is 23.7 Å². The number of anilines is 2. The number of carbonyl (C=O) groups is 1. The Kier molecular flexibility index (Phi) is 5.12. The van der Waals surface area contributed by atoms with Gasteiger partial charge in [0.05, 0.1) is 10.7 Å². The fourth-order valence-corrected chi connectivity index (χ4v) is 2.98. The Labute approximate surface area is 169 Å². The van der Waals surface area contributed by atoms with Gasteiger partial charge in [0.2, 0.25) is 18.6 Å². The summed E-state index contributed by atoms with van der Waals surface area (Å²) < 4.78 is 17.2. The van der Waals surface area contributed by atoms with E-state index >= 15 is 0 Å². The number of hydrogen-bond donors (Lipinski definition) is 1. The van der Waals surface area contributed by atoms with Gasteiger partial charge in [-0.15, -0.1) is 0 Å². The van der Waals surface area contributed by atoms with Gasteiger partial charge in [0.1, 0.15) is 11.5 Å². The van der Waals surface area contributed by atoms with E-state index in [-0.39, 0.29) is 12.6 Å². The standard InChI is InChI=1S/C20H16BrN3O4/c1-12(25)8-13-4-2-3-5-16(13)28-19-15(21)10-22-20(24-19)23-14-6-7-17-18(9-14)27-11-26-17/h2-7,9-10H,8,11H2,1H3,(H,22,23,24). The number of carbonyl (C=O) groups excluding carboxylic acids is 1. The SMILES string of the molecule is CC(=O)Cc1ccccc1Oc1nc(Nc2ccc3c(c2)OCO3)ncc1Br. The molecular formula is C20H16BrN3O4. The minimum atomic E-state index is 0.0583. The highest BCUT2D eigenvalue weighted by Gasteiger charge is 2.15. The Morgan fingerprint density at radius 1 is 1.21 bits per heavy atom. The number of aromatic nitrogens is 2. The van der Waals surface area contributed by atoms with Crippen LogP contribution in [-0.2, 0) is 11.2 Å². The number of nitrogens with one attached hydrogen (secondary N) is 1. The summed E-state index contributed by atoms with van der Waals surface area (Å²) in [5, 5.41) is 3.12. The molecule has 28 heavy (non-hydrogen) atoms. The summed E-state index contributed by atoms with van der Waals surface area (Å²) in [5.41, 5.74) is 1.56. The maximum atomic E-state index is 11.5. The van der Waals surface area contributed by atoms with Crippen molar-refractivity contribution in [3.63, 3.8) is 0 Å². The van der Waals surface area contributed by atoms with Crippen LogP contribution >= 0.6 is 15.9 Å². The first kappa shape index (κ1) is 18.2. The van der Waals surface area contributed by atoms with Gasteiger partial charge in [-0.2, -0.15) is 4.98 Å². The van der Waals surface area contributed by atoms with Crippen molar-refractivity contribution < 1.29 is 19.0 Å². The zero-order valence-electron chi connectivity index (χ0n) is 14.9. The Hall–Kier alpha value is -3.13. The van der Waals surface area contributed by atoms with Gasteiger partial charge in [0.15, 0.2) is 11.5 Å². The maximum Gasteiger partial charge on any atom is 0.238 e. The lowest BCUT2D eigenvalue weighted by atomic mass is 10.1. The van der Waals surface area contributed by atoms with Crippen molar-refractivity contribution in [2.24, 2.45) is 0 Å². The molecule has 0 spiro atoms. The van der Waals surface area contributed by atoms with Gasteiger partial charge in [-0.3, -0.25) is 4.79 Å². The van der Waals surface area contributed by atoms with Crippen molar-refractivity contribution in [1.29, 1.82) is 0 Å².